The van der Waals surface area contributed by atoms with Gasteiger partial charge in [-0.15, -0.1) is 0 Å². The summed E-state index contributed by atoms with van der Waals surface area (Å²) in [5, 5.41) is 3.70. The maximum absolute atomic E-state index is 12.5. The Hall–Kier alpha value is -1.02. The zero-order chi connectivity index (χ0) is 13.0. The summed E-state index contributed by atoms with van der Waals surface area (Å²) in [7, 11) is 0. The standard InChI is InChI=1S/C15H20ClNO/c1-2-17-14(18)15(9-4-3-5-10-15)12-7-6-8-13(16)11-12/h6-8,11H,2-5,9-10H2,1H3,(H,17,18). The van der Waals surface area contributed by atoms with Crippen LogP contribution < -0.4 is 5.32 Å². The lowest BCUT2D eigenvalue weighted by molar-refractivity contribution is -0.127. The van der Waals surface area contributed by atoms with Crippen molar-refractivity contribution in [3.05, 3.63) is 34.9 Å². The molecule has 1 N–H and O–H groups in total. The van der Waals surface area contributed by atoms with Crippen LogP contribution in [0.2, 0.25) is 5.02 Å². The van der Waals surface area contributed by atoms with E-state index in [9.17, 15) is 4.79 Å². The molecule has 0 radical (unpaired) electrons. The van der Waals surface area contributed by atoms with Crippen molar-refractivity contribution in [2.45, 2.75) is 44.4 Å². The molecule has 98 valence electrons. The second-order valence-corrected chi connectivity index (χ2v) is 5.45. The molecule has 2 rings (SSSR count). The SMILES string of the molecule is CCNC(=O)C1(c2cccc(Cl)c2)CCCCC1. The molecule has 0 aliphatic heterocycles. The summed E-state index contributed by atoms with van der Waals surface area (Å²) in [4.78, 5) is 12.5. The van der Waals surface area contributed by atoms with Gasteiger partial charge in [-0.1, -0.05) is 43.0 Å². The van der Waals surface area contributed by atoms with Crippen LogP contribution in [0, 0.1) is 0 Å². The molecule has 1 amide bonds. The van der Waals surface area contributed by atoms with Crippen molar-refractivity contribution < 1.29 is 4.79 Å². The summed E-state index contributed by atoms with van der Waals surface area (Å²) in [6.45, 7) is 2.65. The minimum absolute atomic E-state index is 0.159. The monoisotopic (exact) mass is 265 g/mol. The second kappa shape index (κ2) is 5.75. The van der Waals surface area contributed by atoms with E-state index in [2.05, 4.69) is 5.32 Å². The number of benzene rings is 1. The van der Waals surface area contributed by atoms with Gasteiger partial charge in [0.15, 0.2) is 0 Å². The molecule has 0 unspecified atom stereocenters. The zero-order valence-electron chi connectivity index (χ0n) is 10.8. The van der Waals surface area contributed by atoms with Gasteiger partial charge in [0.25, 0.3) is 0 Å². The summed E-state index contributed by atoms with van der Waals surface area (Å²) < 4.78 is 0. The lowest BCUT2D eigenvalue weighted by atomic mass is 9.68. The predicted molar refractivity (Wildman–Crippen MR) is 74.9 cm³/mol. The molecule has 1 aromatic carbocycles. The Labute approximate surface area is 114 Å². The summed E-state index contributed by atoms with van der Waals surface area (Å²) >= 11 is 6.08. The van der Waals surface area contributed by atoms with Crippen LogP contribution in [0.4, 0.5) is 0 Å². The average molecular weight is 266 g/mol. The van der Waals surface area contributed by atoms with Crippen molar-refractivity contribution in [3.8, 4) is 0 Å². The van der Waals surface area contributed by atoms with E-state index in [-0.39, 0.29) is 11.3 Å². The Morgan fingerprint density at radius 2 is 2.06 bits per heavy atom. The summed E-state index contributed by atoms with van der Waals surface area (Å²) in [6, 6.07) is 7.78. The molecule has 1 saturated carbocycles. The molecule has 0 heterocycles. The van der Waals surface area contributed by atoms with E-state index < -0.39 is 0 Å². The maximum atomic E-state index is 12.5. The van der Waals surface area contributed by atoms with E-state index >= 15 is 0 Å². The van der Waals surface area contributed by atoms with Crippen LogP contribution in [0.5, 0.6) is 0 Å². The molecular formula is C15H20ClNO. The third-order valence-corrected chi connectivity index (χ3v) is 4.09. The van der Waals surface area contributed by atoms with Gasteiger partial charge in [0, 0.05) is 11.6 Å². The first-order chi connectivity index (χ1) is 8.69. The van der Waals surface area contributed by atoms with Crippen molar-refractivity contribution in [1.82, 2.24) is 5.32 Å². The van der Waals surface area contributed by atoms with Gasteiger partial charge < -0.3 is 5.32 Å². The minimum atomic E-state index is -0.362. The van der Waals surface area contributed by atoms with Crippen LogP contribution in [0.25, 0.3) is 0 Å². The molecule has 0 bridgehead atoms. The van der Waals surface area contributed by atoms with Gasteiger partial charge in [-0.05, 0) is 37.5 Å². The largest absolute Gasteiger partial charge is 0.356 e. The first kappa shape index (κ1) is 13.4. The Kier molecular flexibility index (Phi) is 4.28. The highest BCUT2D eigenvalue weighted by Gasteiger charge is 2.40. The minimum Gasteiger partial charge on any atom is -0.356 e. The van der Waals surface area contributed by atoms with Crippen molar-refractivity contribution in [3.63, 3.8) is 0 Å². The lowest BCUT2D eigenvalue weighted by Gasteiger charge is -2.36. The number of hydrogen-bond acceptors (Lipinski definition) is 1. The molecule has 3 heteroatoms. The van der Waals surface area contributed by atoms with Gasteiger partial charge >= 0.3 is 0 Å². The van der Waals surface area contributed by atoms with Crippen molar-refractivity contribution in [2.75, 3.05) is 6.54 Å². The van der Waals surface area contributed by atoms with Crippen molar-refractivity contribution in [1.29, 1.82) is 0 Å². The Balaban J connectivity index is 2.38. The number of rotatable bonds is 3. The van der Waals surface area contributed by atoms with E-state index in [0.29, 0.717) is 11.6 Å². The molecule has 1 fully saturated rings. The summed E-state index contributed by atoms with van der Waals surface area (Å²) in [5.74, 6) is 0.159. The molecule has 1 aliphatic rings. The molecule has 0 saturated heterocycles. The third kappa shape index (κ3) is 2.54. The summed E-state index contributed by atoms with van der Waals surface area (Å²) in [6.07, 6.45) is 5.31. The Bertz CT molecular complexity index is 424. The second-order valence-electron chi connectivity index (χ2n) is 5.01. The number of carbonyl (C=O) groups excluding carboxylic acids is 1. The fourth-order valence-electron chi connectivity index (χ4n) is 2.92. The van der Waals surface area contributed by atoms with E-state index in [1.807, 2.05) is 31.2 Å². The normalized spacial score (nSPS) is 18.3. The number of halogens is 1. The molecule has 0 atom stereocenters. The number of likely N-dealkylation sites (N-methyl/N-ethyl adjacent to an activating group) is 1. The van der Waals surface area contributed by atoms with Crippen molar-refractivity contribution in [2.24, 2.45) is 0 Å². The summed E-state index contributed by atoms with van der Waals surface area (Å²) in [5.41, 5.74) is 0.708. The molecule has 0 aromatic heterocycles. The van der Waals surface area contributed by atoms with Crippen LogP contribution in [0.1, 0.15) is 44.6 Å². The maximum Gasteiger partial charge on any atom is 0.230 e. The Morgan fingerprint density at radius 1 is 1.33 bits per heavy atom. The molecule has 1 aromatic rings. The highest BCUT2D eigenvalue weighted by molar-refractivity contribution is 6.30. The number of hydrogen-bond donors (Lipinski definition) is 1. The number of nitrogens with one attached hydrogen (secondary N) is 1. The topological polar surface area (TPSA) is 29.1 Å². The molecule has 18 heavy (non-hydrogen) atoms. The van der Waals surface area contributed by atoms with Gasteiger partial charge in [-0.3, -0.25) is 4.79 Å². The van der Waals surface area contributed by atoms with Crippen LogP contribution in [0.15, 0.2) is 24.3 Å². The van der Waals surface area contributed by atoms with Gasteiger partial charge in [-0.2, -0.15) is 0 Å². The van der Waals surface area contributed by atoms with Crippen LogP contribution in [0.3, 0.4) is 0 Å². The van der Waals surface area contributed by atoms with Gasteiger partial charge in [0.2, 0.25) is 5.91 Å². The van der Waals surface area contributed by atoms with E-state index in [4.69, 9.17) is 11.6 Å². The van der Waals surface area contributed by atoms with E-state index in [0.717, 1.165) is 31.2 Å². The van der Waals surface area contributed by atoms with Crippen molar-refractivity contribution >= 4 is 17.5 Å². The highest BCUT2D eigenvalue weighted by Crippen LogP contribution is 2.40. The first-order valence-corrected chi connectivity index (χ1v) is 7.11. The first-order valence-electron chi connectivity index (χ1n) is 6.73. The fraction of sp³-hybridized carbons (Fsp3) is 0.533. The van der Waals surface area contributed by atoms with E-state index in [1.54, 1.807) is 0 Å². The van der Waals surface area contributed by atoms with Gasteiger partial charge in [0.05, 0.1) is 5.41 Å². The molecular weight excluding hydrogens is 246 g/mol. The third-order valence-electron chi connectivity index (χ3n) is 3.86. The van der Waals surface area contributed by atoms with Crippen LogP contribution in [-0.4, -0.2) is 12.5 Å². The molecule has 0 spiro atoms. The van der Waals surface area contributed by atoms with Crippen LogP contribution in [-0.2, 0) is 10.2 Å². The highest BCUT2D eigenvalue weighted by atomic mass is 35.5. The smallest absolute Gasteiger partial charge is 0.230 e. The zero-order valence-corrected chi connectivity index (χ0v) is 11.6. The Morgan fingerprint density at radius 3 is 2.67 bits per heavy atom. The van der Waals surface area contributed by atoms with Crippen LogP contribution >= 0.6 is 11.6 Å². The molecule has 2 nitrogen and oxygen atoms in total. The van der Waals surface area contributed by atoms with Gasteiger partial charge in [-0.25, -0.2) is 0 Å². The predicted octanol–water partition coefficient (Wildman–Crippen LogP) is 3.68. The average Bonchev–Trinajstić information content (AvgIpc) is 2.40. The molecule has 1 aliphatic carbocycles. The van der Waals surface area contributed by atoms with E-state index in [1.165, 1.54) is 6.42 Å². The number of carbonyl (C=O) groups is 1. The lowest BCUT2D eigenvalue weighted by Crippen LogP contribution is -2.45. The van der Waals surface area contributed by atoms with Gasteiger partial charge in [0.1, 0.15) is 0 Å². The quantitative estimate of drug-likeness (QED) is 0.888. The number of amides is 1. The fourth-order valence-corrected chi connectivity index (χ4v) is 3.11.